The number of nitrogens with zero attached hydrogens (tertiary/aromatic N) is 4. The van der Waals surface area contributed by atoms with E-state index in [1.807, 2.05) is 60.7 Å². The van der Waals surface area contributed by atoms with Crippen LogP contribution in [0.5, 0.6) is 0 Å². The van der Waals surface area contributed by atoms with Crippen LogP contribution in [-0.2, 0) is 9.59 Å². The van der Waals surface area contributed by atoms with Crippen molar-refractivity contribution in [3.63, 3.8) is 0 Å². The van der Waals surface area contributed by atoms with Gasteiger partial charge in [0.05, 0.1) is 17.3 Å². The average Bonchev–Trinajstić information content (AvgIpc) is 3.23. The third-order valence-electron chi connectivity index (χ3n) is 6.32. The molecule has 1 saturated heterocycles. The van der Waals surface area contributed by atoms with E-state index in [9.17, 15) is 14.4 Å². The highest BCUT2D eigenvalue weighted by Gasteiger charge is 2.68. The van der Waals surface area contributed by atoms with Gasteiger partial charge in [0.15, 0.2) is 0 Å². The number of barbiturate groups is 1. The first kappa shape index (κ1) is 21.9. The maximum atomic E-state index is 14.1. The lowest BCUT2D eigenvalue weighted by Crippen LogP contribution is -2.73. The highest BCUT2D eigenvalue weighted by atomic mass is 35.5. The lowest BCUT2D eigenvalue weighted by atomic mass is 9.72. The van der Waals surface area contributed by atoms with Gasteiger partial charge in [0.25, 0.3) is 11.8 Å². The molecule has 34 heavy (non-hydrogen) atoms. The Hall–Kier alpha value is -3.97. The molecular formula is C26H21ClN4O3. The zero-order chi connectivity index (χ0) is 24.0. The highest BCUT2D eigenvalue weighted by molar-refractivity contribution is 6.32. The van der Waals surface area contributed by atoms with Gasteiger partial charge in [0, 0.05) is 19.1 Å². The van der Waals surface area contributed by atoms with E-state index >= 15 is 0 Å². The van der Waals surface area contributed by atoms with Gasteiger partial charge in [-0.05, 0) is 29.3 Å². The van der Waals surface area contributed by atoms with Crippen LogP contribution < -0.4 is 5.01 Å². The number of halogens is 1. The van der Waals surface area contributed by atoms with Gasteiger partial charge < -0.3 is 0 Å². The van der Waals surface area contributed by atoms with Gasteiger partial charge in [-0.1, -0.05) is 78.3 Å². The van der Waals surface area contributed by atoms with Crippen LogP contribution in [0.15, 0.2) is 90.0 Å². The molecule has 0 aromatic heterocycles. The van der Waals surface area contributed by atoms with Crippen molar-refractivity contribution in [3.8, 4) is 0 Å². The number of hydrogen-bond donors (Lipinski definition) is 0. The van der Waals surface area contributed by atoms with E-state index in [1.165, 1.54) is 19.1 Å². The molecule has 0 radical (unpaired) electrons. The van der Waals surface area contributed by atoms with E-state index < -0.39 is 29.3 Å². The summed E-state index contributed by atoms with van der Waals surface area (Å²) in [5.74, 6) is -2.08. The minimum atomic E-state index is -1.85. The van der Waals surface area contributed by atoms with Gasteiger partial charge >= 0.3 is 6.03 Å². The summed E-state index contributed by atoms with van der Waals surface area (Å²) in [6.07, 6.45) is 0. The van der Waals surface area contributed by atoms with Gasteiger partial charge in [-0.2, -0.15) is 5.10 Å². The molecule has 1 unspecified atom stereocenters. The van der Waals surface area contributed by atoms with Crippen LogP contribution in [0.3, 0.4) is 0 Å². The topological polar surface area (TPSA) is 73.3 Å². The van der Waals surface area contributed by atoms with Gasteiger partial charge in [-0.15, -0.1) is 0 Å². The van der Waals surface area contributed by atoms with Crippen molar-refractivity contribution < 1.29 is 14.4 Å². The second kappa shape index (κ2) is 8.11. The van der Waals surface area contributed by atoms with Crippen molar-refractivity contribution in [2.45, 2.75) is 11.5 Å². The van der Waals surface area contributed by atoms with Crippen LogP contribution >= 0.6 is 11.6 Å². The zero-order valence-corrected chi connectivity index (χ0v) is 19.3. The number of carbonyl (C=O) groups is 3. The number of hydrogen-bond acceptors (Lipinski definition) is 5. The number of amides is 4. The first-order valence-corrected chi connectivity index (χ1v) is 11.1. The van der Waals surface area contributed by atoms with E-state index in [2.05, 4.69) is 0 Å². The van der Waals surface area contributed by atoms with Crippen LogP contribution in [-0.4, -0.2) is 53.0 Å². The van der Waals surface area contributed by atoms with E-state index in [0.29, 0.717) is 16.4 Å². The lowest BCUT2D eigenvalue weighted by Gasteiger charge is -2.46. The monoisotopic (exact) mass is 472 g/mol. The molecule has 3 aromatic carbocycles. The summed E-state index contributed by atoms with van der Waals surface area (Å²) < 4.78 is 0. The van der Waals surface area contributed by atoms with Crippen molar-refractivity contribution in [2.24, 2.45) is 5.10 Å². The Morgan fingerprint density at radius 3 is 1.97 bits per heavy atom. The number of hydrazone groups is 1. The van der Waals surface area contributed by atoms with E-state index in [1.54, 1.807) is 24.3 Å². The highest BCUT2D eigenvalue weighted by Crippen LogP contribution is 2.48. The third kappa shape index (κ3) is 3.04. The quantitative estimate of drug-likeness (QED) is 0.537. The summed E-state index contributed by atoms with van der Waals surface area (Å²) in [7, 11) is 2.77. The molecule has 0 saturated carbocycles. The number of urea groups is 1. The Kier molecular flexibility index (Phi) is 5.21. The van der Waals surface area contributed by atoms with Gasteiger partial charge in [0.1, 0.15) is 0 Å². The standard InChI is InChI=1S/C26H21ClN4O3/c1-29-23(32)26(24(33)30(2)25(29)34)21(17-10-5-3-6-11-17)22(18-12-7-4-8-13-18)28-31(26)20-15-9-14-19(27)16-20/h3-16,21H,1-2H3. The number of imide groups is 2. The van der Waals surface area contributed by atoms with Crippen LogP contribution in [0.1, 0.15) is 17.0 Å². The van der Waals surface area contributed by atoms with Crippen LogP contribution in [0.25, 0.3) is 0 Å². The van der Waals surface area contributed by atoms with Crippen LogP contribution in [0, 0.1) is 0 Å². The largest absolute Gasteiger partial charge is 0.333 e. The van der Waals surface area contributed by atoms with Crippen LogP contribution in [0.2, 0.25) is 5.02 Å². The number of rotatable bonds is 3. The third-order valence-corrected chi connectivity index (χ3v) is 6.56. The molecule has 1 atom stereocenters. The number of benzene rings is 3. The van der Waals surface area contributed by atoms with Crippen molar-refractivity contribution in [3.05, 3.63) is 101 Å². The van der Waals surface area contributed by atoms with Crippen molar-refractivity contribution in [1.29, 1.82) is 0 Å². The first-order chi connectivity index (χ1) is 16.4. The fraction of sp³-hybridized carbons (Fsp3) is 0.154. The molecule has 2 aliphatic rings. The van der Waals surface area contributed by atoms with E-state index in [-0.39, 0.29) is 0 Å². The second-order valence-corrected chi connectivity index (χ2v) is 8.70. The van der Waals surface area contributed by atoms with E-state index in [0.717, 1.165) is 20.9 Å². The molecule has 0 aliphatic carbocycles. The normalized spacial score (nSPS) is 19.7. The number of likely N-dealkylation sites (N-methyl/N-ethyl adjacent to an activating group) is 2. The molecule has 0 bridgehead atoms. The molecule has 1 fully saturated rings. The molecule has 2 aliphatic heterocycles. The van der Waals surface area contributed by atoms with Gasteiger partial charge in [0.2, 0.25) is 5.54 Å². The average molecular weight is 473 g/mol. The summed E-state index contributed by atoms with van der Waals surface area (Å²) in [5, 5.41) is 6.75. The minimum Gasteiger partial charge on any atom is -0.271 e. The molecule has 3 aromatic rings. The molecule has 1 spiro atoms. The number of anilines is 1. The minimum absolute atomic E-state index is 0.431. The van der Waals surface area contributed by atoms with Crippen molar-refractivity contribution in [1.82, 2.24) is 9.80 Å². The SMILES string of the molecule is CN1C(=O)N(C)C(=O)C2(C1=O)C(c1ccccc1)C(c1ccccc1)=NN2c1cccc(Cl)c1. The summed E-state index contributed by atoms with van der Waals surface area (Å²) >= 11 is 6.29. The van der Waals surface area contributed by atoms with E-state index in [4.69, 9.17) is 16.7 Å². The Morgan fingerprint density at radius 2 is 1.38 bits per heavy atom. The smallest absolute Gasteiger partial charge is 0.271 e. The summed E-state index contributed by atoms with van der Waals surface area (Å²) in [6, 6.07) is 24.9. The molecule has 8 heteroatoms. The fourth-order valence-corrected chi connectivity index (χ4v) is 4.93. The molecule has 2 heterocycles. The summed E-state index contributed by atoms with van der Waals surface area (Å²) in [6.45, 7) is 0. The zero-order valence-electron chi connectivity index (χ0n) is 18.6. The van der Waals surface area contributed by atoms with Crippen molar-refractivity contribution in [2.75, 3.05) is 19.1 Å². The fourth-order valence-electron chi connectivity index (χ4n) is 4.74. The number of carbonyl (C=O) groups excluding carboxylic acids is 3. The molecule has 7 nitrogen and oxygen atoms in total. The van der Waals surface area contributed by atoms with Gasteiger partial charge in [-0.25, -0.2) is 9.80 Å². The predicted octanol–water partition coefficient (Wildman–Crippen LogP) is 4.14. The van der Waals surface area contributed by atoms with Crippen molar-refractivity contribution >= 4 is 40.8 Å². The maximum absolute atomic E-state index is 14.1. The predicted molar refractivity (Wildman–Crippen MR) is 130 cm³/mol. The summed E-state index contributed by atoms with van der Waals surface area (Å²) in [4.78, 5) is 42.8. The molecular weight excluding hydrogens is 452 g/mol. The molecule has 0 N–H and O–H groups in total. The van der Waals surface area contributed by atoms with Crippen LogP contribution in [0.4, 0.5) is 10.5 Å². The first-order valence-electron chi connectivity index (χ1n) is 10.7. The molecule has 170 valence electrons. The Balaban J connectivity index is 1.86. The second-order valence-electron chi connectivity index (χ2n) is 8.26. The maximum Gasteiger partial charge on any atom is 0.333 e. The Morgan fingerprint density at radius 1 is 0.794 bits per heavy atom. The lowest BCUT2D eigenvalue weighted by molar-refractivity contribution is -0.150. The van der Waals surface area contributed by atoms with Gasteiger partial charge in [-0.3, -0.25) is 19.4 Å². The molecule has 5 rings (SSSR count). The Bertz CT molecular complexity index is 1300. The summed E-state index contributed by atoms with van der Waals surface area (Å²) in [5.41, 5.74) is 0.659. The Labute approximate surface area is 201 Å². The molecule has 4 amide bonds.